The molecule has 0 aliphatic rings. The molecule has 0 aliphatic carbocycles. The summed E-state index contributed by atoms with van der Waals surface area (Å²) in [5.74, 6) is -0.274. The summed E-state index contributed by atoms with van der Waals surface area (Å²) in [6.45, 7) is 3.86. The maximum atomic E-state index is 12.2. The lowest BCUT2D eigenvalue weighted by molar-refractivity contribution is 0.477. The third-order valence-electron chi connectivity index (χ3n) is 2.81. The molecule has 1 rings (SSSR count). The lowest BCUT2D eigenvalue weighted by Crippen LogP contribution is -2.33. The molecular weight excluding hydrogens is 328 g/mol. The van der Waals surface area contributed by atoms with E-state index >= 15 is 0 Å². The molecule has 0 aromatic carbocycles. The van der Waals surface area contributed by atoms with Gasteiger partial charge in [0, 0.05) is 12.1 Å². The summed E-state index contributed by atoms with van der Waals surface area (Å²) in [5, 5.41) is -0.268. The van der Waals surface area contributed by atoms with Gasteiger partial charge >= 0.3 is 10.1 Å². The Morgan fingerprint density at radius 1 is 1.23 bits per heavy atom. The standard InChI is InChI=1S/C13H22N2O5S2/c1-4-5-6-8-11(2)15-22(18,19)13-10-7-9-12(14-13)20-21(3,16)17/h7,9-11,15H,4-6,8H2,1-3H3. The molecule has 0 radical (unpaired) electrons. The van der Waals surface area contributed by atoms with Gasteiger partial charge in [0.05, 0.1) is 6.26 Å². The van der Waals surface area contributed by atoms with E-state index in [4.69, 9.17) is 0 Å². The molecule has 0 bridgehead atoms. The van der Waals surface area contributed by atoms with E-state index in [2.05, 4.69) is 20.8 Å². The smallest absolute Gasteiger partial charge is 0.307 e. The zero-order chi connectivity index (χ0) is 16.8. The van der Waals surface area contributed by atoms with E-state index in [1.54, 1.807) is 6.92 Å². The number of aromatic nitrogens is 1. The van der Waals surface area contributed by atoms with E-state index in [9.17, 15) is 16.8 Å². The highest BCUT2D eigenvalue weighted by atomic mass is 32.2. The maximum Gasteiger partial charge on any atom is 0.307 e. The van der Waals surface area contributed by atoms with Crippen molar-refractivity contribution in [2.75, 3.05) is 6.26 Å². The van der Waals surface area contributed by atoms with Crippen molar-refractivity contribution in [2.24, 2.45) is 0 Å². The molecule has 1 aromatic rings. The van der Waals surface area contributed by atoms with Crippen LogP contribution in [0.1, 0.15) is 39.5 Å². The van der Waals surface area contributed by atoms with E-state index in [0.29, 0.717) is 0 Å². The Labute approximate surface area is 132 Å². The number of sulfonamides is 1. The van der Waals surface area contributed by atoms with Crippen molar-refractivity contribution in [3.8, 4) is 5.88 Å². The Kier molecular flexibility index (Phi) is 6.76. The molecule has 1 aromatic heterocycles. The van der Waals surface area contributed by atoms with Gasteiger partial charge in [0.25, 0.3) is 10.0 Å². The van der Waals surface area contributed by atoms with E-state index < -0.39 is 20.1 Å². The average Bonchev–Trinajstić information content (AvgIpc) is 2.36. The fourth-order valence-electron chi connectivity index (χ4n) is 1.83. The normalized spacial score (nSPS) is 13.8. The average molecular weight is 350 g/mol. The fraction of sp³-hybridized carbons (Fsp3) is 0.615. The monoisotopic (exact) mass is 350 g/mol. The van der Waals surface area contributed by atoms with Crippen molar-refractivity contribution in [1.82, 2.24) is 9.71 Å². The first-order valence-corrected chi connectivity index (χ1v) is 10.3. The molecule has 1 N–H and O–H groups in total. The van der Waals surface area contributed by atoms with Crippen LogP contribution >= 0.6 is 0 Å². The van der Waals surface area contributed by atoms with E-state index in [1.807, 2.05) is 0 Å². The first kappa shape index (κ1) is 18.9. The summed E-state index contributed by atoms with van der Waals surface area (Å²) in [6.07, 6.45) is 4.63. The van der Waals surface area contributed by atoms with Gasteiger partial charge in [-0.1, -0.05) is 32.3 Å². The Morgan fingerprint density at radius 3 is 2.50 bits per heavy atom. The summed E-state index contributed by atoms with van der Waals surface area (Å²) in [6, 6.07) is 3.72. The van der Waals surface area contributed by atoms with Crippen LogP contribution in [0, 0.1) is 0 Å². The van der Waals surface area contributed by atoms with E-state index in [0.717, 1.165) is 31.9 Å². The van der Waals surface area contributed by atoms with Crippen molar-refractivity contribution in [3.63, 3.8) is 0 Å². The minimum absolute atomic E-state index is 0.224. The van der Waals surface area contributed by atoms with Crippen LogP contribution < -0.4 is 8.91 Å². The number of rotatable bonds is 9. The molecule has 126 valence electrons. The number of hydrogen-bond acceptors (Lipinski definition) is 6. The highest BCUT2D eigenvalue weighted by Crippen LogP contribution is 2.14. The molecule has 22 heavy (non-hydrogen) atoms. The molecule has 0 aliphatic heterocycles. The van der Waals surface area contributed by atoms with E-state index in [1.165, 1.54) is 18.2 Å². The van der Waals surface area contributed by atoms with Crippen LogP contribution in [0.5, 0.6) is 5.88 Å². The molecular formula is C13H22N2O5S2. The highest BCUT2D eigenvalue weighted by Gasteiger charge is 2.20. The van der Waals surface area contributed by atoms with Gasteiger partial charge in [-0.05, 0) is 19.4 Å². The molecule has 1 heterocycles. The van der Waals surface area contributed by atoms with Gasteiger partial charge in [0.1, 0.15) is 0 Å². The summed E-state index contributed by atoms with van der Waals surface area (Å²) in [5.41, 5.74) is 0. The first-order chi connectivity index (χ1) is 10.1. The van der Waals surface area contributed by atoms with Gasteiger partial charge in [-0.2, -0.15) is 13.4 Å². The number of hydrogen-bond donors (Lipinski definition) is 1. The van der Waals surface area contributed by atoms with Gasteiger partial charge in [0.2, 0.25) is 5.88 Å². The van der Waals surface area contributed by atoms with Crippen molar-refractivity contribution in [3.05, 3.63) is 18.2 Å². The molecule has 0 amide bonds. The lowest BCUT2D eigenvalue weighted by Gasteiger charge is -2.13. The third-order valence-corrected chi connectivity index (χ3v) is 4.77. The predicted octanol–water partition coefficient (Wildman–Crippen LogP) is 1.67. The van der Waals surface area contributed by atoms with Gasteiger partial charge in [-0.3, -0.25) is 0 Å². The van der Waals surface area contributed by atoms with Gasteiger partial charge < -0.3 is 4.18 Å². The number of unbranched alkanes of at least 4 members (excludes halogenated alkanes) is 2. The summed E-state index contributed by atoms with van der Waals surface area (Å²) >= 11 is 0. The maximum absolute atomic E-state index is 12.2. The molecule has 0 saturated carbocycles. The summed E-state index contributed by atoms with van der Waals surface area (Å²) in [4.78, 5) is 3.73. The van der Waals surface area contributed by atoms with E-state index in [-0.39, 0.29) is 16.9 Å². The lowest BCUT2D eigenvalue weighted by atomic mass is 10.1. The molecule has 9 heteroatoms. The largest absolute Gasteiger partial charge is 0.362 e. The summed E-state index contributed by atoms with van der Waals surface area (Å²) in [7, 11) is -7.57. The molecule has 1 atom stereocenters. The molecule has 0 spiro atoms. The zero-order valence-corrected chi connectivity index (χ0v) is 14.6. The van der Waals surface area contributed by atoms with Crippen LogP contribution in [0.15, 0.2) is 23.2 Å². The van der Waals surface area contributed by atoms with Crippen LogP contribution in [-0.2, 0) is 20.1 Å². The van der Waals surface area contributed by atoms with Crippen molar-refractivity contribution in [2.45, 2.75) is 50.6 Å². The minimum atomic E-state index is -3.81. The van der Waals surface area contributed by atoms with Gasteiger partial charge in [-0.15, -0.1) is 0 Å². The Hall–Kier alpha value is -1.19. The minimum Gasteiger partial charge on any atom is -0.362 e. The number of nitrogens with one attached hydrogen (secondary N) is 1. The third kappa shape index (κ3) is 6.71. The topological polar surface area (TPSA) is 102 Å². The molecule has 7 nitrogen and oxygen atoms in total. The van der Waals surface area contributed by atoms with Crippen molar-refractivity contribution < 1.29 is 21.0 Å². The Morgan fingerprint density at radius 2 is 1.91 bits per heavy atom. The van der Waals surface area contributed by atoms with Crippen LogP contribution in [0.25, 0.3) is 0 Å². The predicted molar refractivity (Wildman–Crippen MR) is 83.6 cm³/mol. The van der Waals surface area contributed by atoms with Gasteiger partial charge in [-0.25, -0.2) is 13.1 Å². The zero-order valence-electron chi connectivity index (χ0n) is 12.9. The molecule has 1 unspecified atom stereocenters. The quantitative estimate of drug-likeness (QED) is 0.537. The first-order valence-electron chi connectivity index (χ1n) is 7.03. The fourth-order valence-corrected chi connectivity index (χ4v) is 3.47. The molecule has 0 fully saturated rings. The summed E-state index contributed by atoms with van der Waals surface area (Å²) < 4.78 is 53.7. The molecule has 0 saturated heterocycles. The van der Waals surface area contributed by atoms with Crippen LogP contribution in [0.3, 0.4) is 0 Å². The second-order valence-electron chi connectivity index (χ2n) is 5.12. The van der Waals surface area contributed by atoms with Crippen LogP contribution in [0.2, 0.25) is 0 Å². The number of pyridine rings is 1. The highest BCUT2D eigenvalue weighted by molar-refractivity contribution is 7.89. The van der Waals surface area contributed by atoms with Crippen molar-refractivity contribution in [1.29, 1.82) is 0 Å². The SMILES string of the molecule is CCCCCC(C)NS(=O)(=O)c1cccc(OS(C)(=O)=O)n1. The number of nitrogens with zero attached hydrogens (tertiary/aromatic N) is 1. The van der Waals surface area contributed by atoms with Crippen LogP contribution in [0.4, 0.5) is 0 Å². The Balaban J connectivity index is 2.82. The second-order valence-corrected chi connectivity index (χ2v) is 8.36. The van der Waals surface area contributed by atoms with Crippen molar-refractivity contribution >= 4 is 20.1 Å². The van der Waals surface area contributed by atoms with Gasteiger partial charge in [0.15, 0.2) is 5.03 Å². The Bertz CT molecular complexity index is 686. The second kappa shape index (κ2) is 7.89. The van der Waals surface area contributed by atoms with Crippen LogP contribution in [-0.4, -0.2) is 34.1 Å².